The van der Waals surface area contributed by atoms with Crippen molar-refractivity contribution in [3.05, 3.63) is 17.7 Å². The Morgan fingerprint density at radius 1 is 1.14 bits per heavy atom. The van der Waals surface area contributed by atoms with Crippen LogP contribution in [-0.2, 0) is 0 Å². The minimum atomic E-state index is -0.0887. The van der Waals surface area contributed by atoms with Gasteiger partial charge < -0.3 is 24.4 Å². The first-order chi connectivity index (χ1) is 10.4. The van der Waals surface area contributed by atoms with Crippen LogP contribution >= 0.6 is 0 Å². The lowest BCUT2D eigenvalue weighted by Gasteiger charge is -2.39. The van der Waals surface area contributed by atoms with Crippen molar-refractivity contribution < 1.29 is 19.0 Å². The fraction of sp³-hybridized carbons (Fsp3) is 0.562. The summed E-state index contributed by atoms with van der Waals surface area (Å²) in [5.41, 5.74) is 0.446. The van der Waals surface area contributed by atoms with Crippen molar-refractivity contribution in [3.8, 4) is 17.2 Å². The standard InChI is InChI=1S/C16H24N2O4/c1-16(2)10-18(7-6-17-16)15(19)11-8-12(20-3)14(22-5)13(9-11)21-4/h8-9,17H,6-7,10H2,1-5H3. The molecule has 22 heavy (non-hydrogen) atoms. The van der Waals surface area contributed by atoms with E-state index in [0.29, 0.717) is 35.9 Å². The van der Waals surface area contributed by atoms with Gasteiger partial charge in [-0.1, -0.05) is 0 Å². The van der Waals surface area contributed by atoms with E-state index in [2.05, 4.69) is 19.2 Å². The molecule has 6 nitrogen and oxygen atoms in total. The van der Waals surface area contributed by atoms with E-state index in [0.717, 1.165) is 6.54 Å². The van der Waals surface area contributed by atoms with Crippen molar-refractivity contribution in [2.24, 2.45) is 0 Å². The molecular weight excluding hydrogens is 284 g/mol. The molecule has 0 unspecified atom stereocenters. The summed E-state index contributed by atoms with van der Waals surface area (Å²) in [5.74, 6) is 1.43. The van der Waals surface area contributed by atoms with E-state index in [1.807, 2.05) is 4.90 Å². The van der Waals surface area contributed by atoms with Crippen molar-refractivity contribution in [2.45, 2.75) is 19.4 Å². The Bertz CT molecular complexity index is 532. The second-order valence-corrected chi connectivity index (χ2v) is 5.95. The monoisotopic (exact) mass is 308 g/mol. The summed E-state index contributed by atoms with van der Waals surface area (Å²) >= 11 is 0. The number of hydrogen-bond donors (Lipinski definition) is 1. The molecule has 2 rings (SSSR count). The van der Waals surface area contributed by atoms with Crippen LogP contribution in [0.3, 0.4) is 0 Å². The summed E-state index contributed by atoms with van der Waals surface area (Å²) in [6, 6.07) is 3.39. The maximum Gasteiger partial charge on any atom is 0.254 e. The van der Waals surface area contributed by atoms with Crippen LogP contribution in [-0.4, -0.2) is 57.3 Å². The molecule has 1 saturated heterocycles. The van der Waals surface area contributed by atoms with Crippen LogP contribution in [0.15, 0.2) is 12.1 Å². The van der Waals surface area contributed by atoms with Crippen molar-refractivity contribution >= 4 is 5.91 Å². The van der Waals surface area contributed by atoms with Gasteiger partial charge in [-0.15, -0.1) is 0 Å². The van der Waals surface area contributed by atoms with Crippen LogP contribution in [0.1, 0.15) is 24.2 Å². The molecule has 1 heterocycles. The fourth-order valence-electron chi connectivity index (χ4n) is 2.70. The number of amides is 1. The normalized spacial score (nSPS) is 17.0. The number of rotatable bonds is 4. The number of benzene rings is 1. The summed E-state index contributed by atoms with van der Waals surface area (Å²) in [5, 5.41) is 3.39. The topological polar surface area (TPSA) is 60.0 Å². The van der Waals surface area contributed by atoms with E-state index in [1.165, 1.54) is 0 Å². The van der Waals surface area contributed by atoms with E-state index in [4.69, 9.17) is 14.2 Å². The number of ether oxygens (including phenoxy) is 3. The molecule has 1 aliphatic rings. The average Bonchev–Trinajstić information content (AvgIpc) is 2.51. The van der Waals surface area contributed by atoms with Crippen LogP contribution in [0.25, 0.3) is 0 Å². The van der Waals surface area contributed by atoms with Crippen LogP contribution in [0.2, 0.25) is 0 Å². The van der Waals surface area contributed by atoms with E-state index in [1.54, 1.807) is 33.5 Å². The summed E-state index contributed by atoms with van der Waals surface area (Å²) in [7, 11) is 4.62. The van der Waals surface area contributed by atoms with E-state index in [9.17, 15) is 4.79 Å². The summed E-state index contributed by atoms with van der Waals surface area (Å²) in [6.45, 7) is 6.29. The zero-order valence-electron chi connectivity index (χ0n) is 13.9. The first kappa shape index (κ1) is 16.4. The molecule has 1 aromatic rings. The Morgan fingerprint density at radius 2 is 1.73 bits per heavy atom. The molecule has 0 radical (unpaired) electrons. The first-order valence-electron chi connectivity index (χ1n) is 7.26. The summed E-state index contributed by atoms with van der Waals surface area (Å²) in [6.07, 6.45) is 0. The quantitative estimate of drug-likeness (QED) is 0.914. The van der Waals surface area contributed by atoms with E-state index >= 15 is 0 Å². The van der Waals surface area contributed by atoms with Gasteiger partial charge in [0.25, 0.3) is 5.91 Å². The molecule has 0 atom stereocenters. The van der Waals surface area contributed by atoms with Crippen LogP contribution in [0.4, 0.5) is 0 Å². The molecule has 1 amide bonds. The second kappa shape index (κ2) is 6.44. The molecular formula is C16H24N2O4. The zero-order chi connectivity index (χ0) is 16.3. The van der Waals surface area contributed by atoms with Gasteiger partial charge in [0.2, 0.25) is 5.75 Å². The molecule has 0 spiro atoms. The van der Waals surface area contributed by atoms with Gasteiger partial charge >= 0.3 is 0 Å². The molecule has 1 N–H and O–H groups in total. The lowest BCUT2D eigenvalue weighted by atomic mass is 10.0. The van der Waals surface area contributed by atoms with E-state index < -0.39 is 0 Å². The average molecular weight is 308 g/mol. The molecule has 0 aliphatic carbocycles. The fourth-order valence-corrected chi connectivity index (χ4v) is 2.70. The van der Waals surface area contributed by atoms with Crippen molar-refractivity contribution in [1.82, 2.24) is 10.2 Å². The first-order valence-corrected chi connectivity index (χ1v) is 7.26. The highest BCUT2D eigenvalue weighted by molar-refractivity contribution is 5.95. The molecule has 122 valence electrons. The third kappa shape index (κ3) is 3.27. The Labute approximate surface area is 131 Å². The SMILES string of the molecule is COc1cc(C(=O)N2CCNC(C)(C)C2)cc(OC)c1OC. The Balaban J connectivity index is 2.33. The molecule has 0 aromatic heterocycles. The molecule has 6 heteroatoms. The summed E-state index contributed by atoms with van der Waals surface area (Å²) in [4.78, 5) is 14.6. The maximum absolute atomic E-state index is 12.8. The van der Waals surface area contributed by atoms with Crippen LogP contribution in [0, 0.1) is 0 Å². The maximum atomic E-state index is 12.8. The third-order valence-corrected chi connectivity index (χ3v) is 3.77. The lowest BCUT2D eigenvalue weighted by Crippen LogP contribution is -2.58. The largest absolute Gasteiger partial charge is 0.493 e. The van der Waals surface area contributed by atoms with Gasteiger partial charge in [-0.2, -0.15) is 0 Å². The molecule has 1 fully saturated rings. The summed E-state index contributed by atoms with van der Waals surface area (Å²) < 4.78 is 15.9. The van der Waals surface area contributed by atoms with Gasteiger partial charge in [-0.3, -0.25) is 4.79 Å². The van der Waals surface area contributed by atoms with Gasteiger partial charge in [0.15, 0.2) is 11.5 Å². The van der Waals surface area contributed by atoms with Crippen molar-refractivity contribution in [1.29, 1.82) is 0 Å². The number of methoxy groups -OCH3 is 3. The van der Waals surface area contributed by atoms with Gasteiger partial charge in [0.05, 0.1) is 21.3 Å². The van der Waals surface area contributed by atoms with Gasteiger partial charge in [-0.25, -0.2) is 0 Å². The Morgan fingerprint density at radius 3 is 2.18 bits per heavy atom. The highest BCUT2D eigenvalue weighted by Crippen LogP contribution is 2.38. The number of nitrogens with one attached hydrogen (secondary N) is 1. The molecule has 1 aliphatic heterocycles. The van der Waals surface area contributed by atoms with Crippen LogP contribution in [0.5, 0.6) is 17.2 Å². The highest BCUT2D eigenvalue weighted by Gasteiger charge is 2.30. The zero-order valence-corrected chi connectivity index (χ0v) is 13.9. The lowest BCUT2D eigenvalue weighted by molar-refractivity contribution is 0.0651. The number of carbonyl (C=O) groups is 1. The molecule has 0 saturated carbocycles. The Hall–Kier alpha value is -1.95. The number of carbonyl (C=O) groups excluding carboxylic acids is 1. The smallest absolute Gasteiger partial charge is 0.254 e. The second-order valence-electron chi connectivity index (χ2n) is 5.95. The molecule has 0 bridgehead atoms. The number of nitrogens with zero attached hydrogens (tertiary/aromatic N) is 1. The minimum absolute atomic E-state index is 0.0335. The number of piperazine rings is 1. The van der Waals surface area contributed by atoms with E-state index in [-0.39, 0.29) is 11.4 Å². The predicted molar refractivity (Wildman–Crippen MR) is 84.1 cm³/mol. The van der Waals surface area contributed by atoms with Gasteiger partial charge in [-0.05, 0) is 26.0 Å². The molecule has 1 aromatic carbocycles. The highest BCUT2D eigenvalue weighted by atomic mass is 16.5. The third-order valence-electron chi connectivity index (χ3n) is 3.77. The number of hydrogen-bond acceptors (Lipinski definition) is 5. The minimum Gasteiger partial charge on any atom is -0.493 e. The van der Waals surface area contributed by atoms with Crippen molar-refractivity contribution in [2.75, 3.05) is 41.0 Å². The van der Waals surface area contributed by atoms with Gasteiger partial charge in [0, 0.05) is 30.7 Å². The van der Waals surface area contributed by atoms with Crippen LogP contribution < -0.4 is 19.5 Å². The predicted octanol–water partition coefficient (Wildman–Crippen LogP) is 1.54. The van der Waals surface area contributed by atoms with Crippen molar-refractivity contribution in [3.63, 3.8) is 0 Å². The Kier molecular flexibility index (Phi) is 4.81. The van der Waals surface area contributed by atoms with Gasteiger partial charge in [0.1, 0.15) is 0 Å².